The molecule has 1 heterocycles. The van der Waals surface area contributed by atoms with Crippen LogP contribution in [0.4, 0.5) is 0 Å². The molecule has 0 spiro atoms. The van der Waals surface area contributed by atoms with Gasteiger partial charge < -0.3 is 9.63 Å². The van der Waals surface area contributed by atoms with Crippen molar-refractivity contribution in [2.24, 2.45) is 0 Å². The molecule has 1 aromatic rings. The first-order chi connectivity index (χ1) is 9.03. The summed E-state index contributed by atoms with van der Waals surface area (Å²) in [6, 6.07) is 0.0273. The smallest absolute Gasteiger partial charge is 0.277 e. The van der Waals surface area contributed by atoms with E-state index in [1.54, 1.807) is 0 Å². The van der Waals surface area contributed by atoms with Crippen LogP contribution in [0.15, 0.2) is 4.52 Å². The Kier molecular flexibility index (Phi) is 3.29. The third-order valence-corrected chi connectivity index (χ3v) is 4.24. The molecule has 106 valence electrons. The highest BCUT2D eigenvalue weighted by Crippen LogP contribution is 2.38. The van der Waals surface area contributed by atoms with E-state index in [1.165, 1.54) is 0 Å². The third-order valence-electron chi connectivity index (χ3n) is 3.05. The molecular weight excluding hydrogens is 272 g/mol. The standard InChI is InChI=1S/C10H16N4O4S/c15-8(5-11-19(16,17)14-7-3-4-7)10-12-9(13-18-10)6-1-2-6/h6-8,11,14-15H,1-5H2. The highest BCUT2D eigenvalue weighted by molar-refractivity contribution is 7.87. The van der Waals surface area contributed by atoms with Crippen molar-refractivity contribution < 1.29 is 18.0 Å². The molecule has 0 aromatic carbocycles. The van der Waals surface area contributed by atoms with E-state index in [0.717, 1.165) is 25.7 Å². The van der Waals surface area contributed by atoms with Gasteiger partial charge in [0.1, 0.15) is 6.10 Å². The van der Waals surface area contributed by atoms with Crippen LogP contribution < -0.4 is 9.44 Å². The lowest BCUT2D eigenvalue weighted by Crippen LogP contribution is -2.39. The summed E-state index contributed by atoms with van der Waals surface area (Å²) >= 11 is 0. The maximum Gasteiger partial charge on any atom is 0.277 e. The summed E-state index contributed by atoms with van der Waals surface area (Å²) in [5.41, 5.74) is 0. The van der Waals surface area contributed by atoms with Gasteiger partial charge in [0.05, 0.1) is 0 Å². The lowest BCUT2D eigenvalue weighted by Gasteiger charge is -2.09. The second-order valence-corrected chi connectivity index (χ2v) is 6.56. The van der Waals surface area contributed by atoms with Gasteiger partial charge in [-0.15, -0.1) is 0 Å². The van der Waals surface area contributed by atoms with Crippen LogP contribution in [0.5, 0.6) is 0 Å². The van der Waals surface area contributed by atoms with Crippen LogP contribution in [-0.4, -0.2) is 36.3 Å². The average molecular weight is 288 g/mol. The second-order valence-electron chi connectivity index (χ2n) is 5.02. The summed E-state index contributed by atoms with van der Waals surface area (Å²) in [7, 11) is -3.57. The largest absolute Gasteiger partial charge is 0.382 e. The Morgan fingerprint density at radius 3 is 2.74 bits per heavy atom. The predicted molar refractivity (Wildman–Crippen MR) is 64.3 cm³/mol. The van der Waals surface area contributed by atoms with Crippen molar-refractivity contribution in [3.8, 4) is 0 Å². The number of aliphatic hydroxyl groups excluding tert-OH is 1. The molecule has 2 aliphatic carbocycles. The fraction of sp³-hybridized carbons (Fsp3) is 0.800. The van der Waals surface area contributed by atoms with Crippen molar-refractivity contribution in [3.63, 3.8) is 0 Å². The minimum Gasteiger partial charge on any atom is -0.382 e. The summed E-state index contributed by atoms with van der Waals surface area (Å²) in [5.74, 6) is 0.974. The minimum absolute atomic E-state index is 0.0273. The molecule has 3 rings (SSSR count). The molecule has 1 atom stereocenters. The number of rotatable bonds is 7. The van der Waals surface area contributed by atoms with Gasteiger partial charge in [0, 0.05) is 18.5 Å². The Balaban J connectivity index is 1.53. The molecule has 0 amide bonds. The molecule has 8 nitrogen and oxygen atoms in total. The van der Waals surface area contributed by atoms with Crippen molar-refractivity contribution in [2.45, 2.75) is 43.7 Å². The van der Waals surface area contributed by atoms with E-state index >= 15 is 0 Å². The van der Waals surface area contributed by atoms with Gasteiger partial charge in [-0.05, 0) is 25.7 Å². The lowest BCUT2D eigenvalue weighted by molar-refractivity contribution is 0.137. The van der Waals surface area contributed by atoms with Crippen molar-refractivity contribution in [1.29, 1.82) is 0 Å². The monoisotopic (exact) mass is 288 g/mol. The van der Waals surface area contributed by atoms with Crippen LogP contribution in [0.2, 0.25) is 0 Å². The van der Waals surface area contributed by atoms with Gasteiger partial charge in [-0.25, -0.2) is 0 Å². The maximum atomic E-state index is 11.5. The van der Waals surface area contributed by atoms with Crippen LogP contribution >= 0.6 is 0 Å². The van der Waals surface area contributed by atoms with Gasteiger partial charge in [-0.2, -0.15) is 22.8 Å². The highest BCUT2D eigenvalue weighted by Gasteiger charge is 2.31. The van der Waals surface area contributed by atoms with Gasteiger partial charge >= 0.3 is 0 Å². The zero-order valence-corrected chi connectivity index (χ0v) is 11.1. The van der Waals surface area contributed by atoms with E-state index < -0.39 is 16.3 Å². The zero-order valence-electron chi connectivity index (χ0n) is 10.2. The van der Waals surface area contributed by atoms with Gasteiger partial charge in [0.25, 0.3) is 16.1 Å². The first kappa shape index (κ1) is 13.0. The number of aromatic nitrogens is 2. The van der Waals surface area contributed by atoms with Crippen LogP contribution in [0.1, 0.15) is 49.4 Å². The molecule has 0 bridgehead atoms. The SMILES string of the molecule is O=S(=O)(NCC(O)c1nc(C2CC2)no1)NC1CC1. The maximum absolute atomic E-state index is 11.5. The van der Waals surface area contributed by atoms with Crippen LogP contribution in [0, 0.1) is 0 Å². The number of aliphatic hydroxyl groups is 1. The first-order valence-corrected chi connectivity index (χ1v) is 7.80. The fourth-order valence-electron chi connectivity index (χ4n) is 1.63. The fourth-order valence-corrected chi connectivity index (χ4v) is 2.76. The molecular formula is C10H16N4O4S. The second kappa shape index (κ2) is 4.82. The molecule has 1 aromatic heterocycles. The summed E-state index contributed by atoms with van der Waals surface area (Å²) in [6.45, 7) is -0.186. The summed E-state index contributed by atoms with van der Waals surface area (Å²) in [4.78, 5) is 4.06. The van der Waals surface area contributed by atoms with Gasteiger partial charge in [0.15, 0.2) is 5.82 Å². The van der Waals surface area contributed by atoms with Gasteiger partial charge in [-0.3, -0.25) is 0 Å². The Hall–Kier alpha value is -1.03. The Labute approximate surface area is 110 Å². The Bertz CT molecular complexity index is 550. The van der Waals surface area contributed by atoms with Gasteiger partial charge in [0.2, 0.25) is 0 Å². The Morgan fingerprint density at radius 2 is 2.11 bits per heavy atom. The van der Waals surface area contributed by atoms with Crippen LogP contribution in [-0.2, 0) is 10.2 Å². The summed E-state index contributed by atoms with van der Waals surface area (Å²) in [5, 5.41) is 13.6. The van der Waals surface area contributed by atoms with Crippen molar-refractivity contribution in [2.75, 3.05) is 6.54 Å². The molecule has 0 aliphatic heterocycles. The first-order valence-electron chi connectivity index (χ1n) is 6.32. The molecule has 1 unspecified atom stereocenters. The molecule has 2 aliphatic rings. The molecule has 0 saturated heterocycles. The minimum atomic E-state index is -3.57. The van der Waals surface area contributed by atoms with E-state index in [2.05, 4.69) is 19.6 Å². The quantitative estimate of drug-likeness (QED) is 0.626. The molecule has 2 saturated carbocycles. The van der Waals surface area contributed by atoms with Gasteiger partial charge in [-0.1, -0.05) is 5.16 Å². The molecule has 9 heteroatoms. The number of nitrogens with one attached hydrogen (secondary N) is 2. The van der Waals surface area contributed by atoms with E-state index in [-0.39, 0.29) is 18.5 Å². The number of hydrogen-bond acceptors (Lipinski definition) is 6. The molecule has 0 radical (unpaired) electrons. The predicted octanol–water partition coefficient (Wildman–Crippen LogP) is -0.433. The third kappa shape index (κ3) is 3.50. The van der Waals surface area contributed by atoms with Crippen LogP contribution in [0.3, 0.4) is 0 Å². The van der Waals surface area contributed by atoms with E-state index in [1.807, 2.05) is 0 Å². The van der Waals surface area contributed by atoms with Crippen molar-refractivity contribution in [3.05, 3.63) is 11.7 Å². The average Bonchev–Trinajstić information content (AvgIpc) is 3.28. The molecule has 3 N–H and O–H groups in total. The molecule has 19 heavy (non-hydrogen) atoms. The summed E-state index contributed by atoms with van der Waals surface area (Å²) < 4.78 is 32.7. The molecule has 2 fully saturated rings. The Morgan fingerprint density at radius 1 is 1.37 bits per heavy atom. The topological polar surface area (TPSA) is 117 Å². The van der Waals surface area contributed by atoms with Crippen molar-refractivity contribution >= 4 is 10.2 Å². The number of nitrogens with zero attached hydrogens (tertiary/aromatic N) is 2. The lowest BCUT2D eigenvalue weighted by atomic mass is 10.3. The van der Waals surface area contributed by atoms with Crippen LogP contribution in [0.25, 0.3) is 0 Å². The van der Waals surface area contributed by atoms with E-state index in [9.17, 15) is 13.5 Å². The highest BCUT2D eigenvalue weighted by atomic mass is 32.2. The number of hydrogen-bond donors (Lipinski definition) is 3. The van der Waals surface area contributed by atoms with E-state index in [0.29, 0.717) is 11.7 Å². The zero-order chi connectivity index (χ0) is 13.5. The normalized spacial score (nSPS) is 21.5. The van der Waals surface area contributed by atoms with E-state index in [4.69, 9.17) is 4.52 Å². The summed E-state index contributed by atoms with van der Waals surface area (Å²) in [6.07, 6.45) is 2.66. The van der Waals surface area contributed by atoms with Crippen molar-refractivity contribution in [1.82, 2.24) is 19.6 Å².